The lowest BCUT2D eigenvalue weighted by atomic mass is 9.79. The molecule has 0 fully saturated rings. The van der Waals surface area contributed by atoms with Crippen molar-refractivity contribution in [3.63, 3.8) is 0 Å². The van der Waals surface area contributed by atoms with Crippen molar-refractivity contribution in [2.45, 2.75) is 25.8 Å². The number of carbonyl (C=O) groups is 2. The van der Waals surface area contributed by atoms with Gasteiger partial charge in [-0.05, 0) is 35.2 Å². The summed E-state index contributed by atoms with van der Waals surface area (Å²) in [6.07, 6.45) is 3.27. The number of hydrogen-bond donors (Lipinski definition) is 1. The highest BCUT2D eigenvalue weighted by Gasteiger charge is 2.44. The van der Waals surface area contributed by atoms with Gasteiger partial charge in [0.05, 0.1) is 13.2 Å². The Balaban J connectivity index is 2.21. The predicted molar refractivity (Wildman–Crippen MR) is 96.2 cm³/mol. The lowest BCUT2D eigenvalue weighted by Crippen LogP contribution is -2.46. The molecule has 26 heavy (non-hydrogen) atoms. The summed E-state index contributed by atoms with van der Waals surface area (Å²) in [6, 6.07) is 7.98. The molecule has 0 radical (unpaired) electrons. The second-order valence-corrected chi connectivity index (χ2v) is 6.85. The number of rotatable bonds is 5. The van der Waals surface area contributed by atoms with Crippen molar-refractivity contribution in [1.29, 1.82) is 0 Å². The molecule has 136 valence electrons. The molecule has 2 unspecified atom stereocenters. The molecular formula is C20H22N2O4. The van der Waals surface area contributed by atoms with Crippen LogP contribution in [0.1, 0.15) is 47.3 Å². The molecule has 2 heterocycles. The van der Waals surface area contributed by atoms with E-state index >= 15 is 0 Å². The van der Waals surface area contributed by atoms with Gasteiger partial charge in [0.15, 0.2) is 0 Å². The summed E-state index contributed by atoms with van der Waals surface area (Å²) in [5, 5.41) is 9.99. The number of pyridine rings is 1. The van der Waals surface area contributed by atoms with Gasteiger partial charge in [-0.2, -0.15) is 0 Å². The highest BCUT2D eigenvalue weighted by atomic mass is 16.5. The number of ether oxygens (including phenoxy) is 1. The summed E-state index contributed by atoms with van der Waals surface area (Å²) in [7, 11) is 1.52. The Kier molecular flexibility index (Phi) is 4.93. The minimum Gasteiger partial charge on any atom is -0.497 e. The molecule has 0 aliphatic carbocycles. The zero-order valence-electron chi connectivity index (χ0n) is 15.0. The molecule has 2 aromatic rings. The number of carboxylic acid groups (broad SMARTS) is 1. The fourth-order valence-electron chi connectivity index (χ4n) is 3.53. The summed E-state index contributed by atoms with van der Waals surface area (Å²) in [5.74, 6) is -1.28. The molecule has 0 bridgehead atoms. The Hall–Kier alpha value is -2.89. The Morgan fingerprint density at radius 2 is 2.12 bits per heavy atom. The van der Waals surface area contributed by atoms with Crippen LogP contribution in [0.25, 0.3) is 0 Å². The van der Waals surface area contributed by atoms with Crippen LogP contribution < -0.4 is 4.74 Å². The first-order chi connectivity index (χ1) is 12.4. The molecule has 0 spiro atoms. The normalized spacial score (nSPS) is 19.4. The first-order valence-electron chi connectivity index (χ1n) is 8.55. The van der Waals surface area contributed by atoms with Crippen LogP contribution in [0.5, 0.6) is 5.75 Å². The van der Waals surface area contributed by atoms with E-state index < -0.39 is 17.9 Å². The first-order valence-corrected chi connectivity index (χ1v) is 8.55. The number of nitrogens with zero attached hydrogens (tertiary/aromatic N) is 2. The molecule has 6 heteroatoms. The smallest absolute Gasteiger partial charge is 0.313 e. The van der Waals surface area contributed by atoms with Crippen LogP contribution in [0.3, 0.4) is 0 Å². The van der Waals surface area contributed by atoms with Crippen LogP contribution in [0.2, 0.25) is 0 Å². The highest BCUT2D eigenvalue weighted by molar-refractivity contribution is 6.00. The quantitative estimate of drug-likeness (QED) is 0.892. The van der Waals surface area contributed by atoms with Crippen LogP contribution in [0.15, 0.2) is 42.7 Å². The van der Waals surface area contributed by atoms with E-state index in [0.717, 1.165) is 5.56 Å². The van der Waals surface area contributed by atoms with Gasteiger partial charge in [0.25, 0.3) is 5.91 Å². The molecule has 1 aliphatic heterocycles. The number of benzene rings is 1. The van der Waals surface area contributed by atoms with E-state index in [9.17, 15) is 14.7 Å². The van der Waals surface area contributed by atoms with Crippen LogP contribution in [0, 0.1) is 5.92 Å². The van der Waals surface area contributed by atoms with Crippen LogP contribution >= 0.6 is 0 Å². The number of aromatic nitrogens is 1. The Bertz CT molecular complexity index is 820. The van der Waals surface area contributed by atoms with Gasteiger partial charge in [0.2, 0.25) is 0 Å². The van der Waals surface area contributed by atoms with Crippen molar-refractivity contribution in [2.75, 3.05) is 13.7 Å². The average molecular weight is 354 g/mol. The minimum atomic E-state index is -0.966. The van der Waals surface area contributed by atoms with Gasteiger partial charge < -0.3 is 14.7 Å². The highest BCUT2D eigenvalue weighted by Crippen LogP contribution is 2.43. The van der Waals surface area contributed by atoms with Crippen molar-refractivity contribution < 1.29 is 19.4 Å². The van der Waals surface area contributed by atoms with Crippen molar-refractivity contribution in [3.8, 4) is 5.75 Å². The third-order valence-corrected chi connectivity index (χ3v) is 4.59. The number of aliphatic carboxylic acids is 1. The fraction of sp³-hybridized carbons (Fsp3) is 0.350. The predicted octanol–water partition coefficient (Wildman–Crippen LogP) is 3.11. The first kappa shape index (κ1) is 17.9. The minimum absolute atomic E-state index is 0.182. The SMILES string of the molecule is COc1ccc2c(c1)C(=O)N(CC(C)C)C(c1cccnc1)C2C(=O)O. The third-order valence-electron chi connectivity index (χ3n) is 4.59. The Morgan fingerprint density at radius 1 is 1.35 bits per heavy atom. The number of fused-ring (bicyclic) bond motifs is 1. The van der Waals surface area contributed by atoms with Crippen molar-refractivity contribution in [1.82, 2.24) is 9.88 Å². The molecule has 1 aromatic carbocycles. The number of hydrogen-bond acceptors (Lipinski definition) is 4. The van der Waals surface area contributed by atoms with Crippen molar-refractivity contribution in [3.05, 3.63) is 59.4 Å². The van der Waals surface area contributed by atoms with E-state index in [4.69, 9.17) is 4.74 Å². The van der Waals surface area contributed by atoms with Crippen LogP contribution in [-0.4, -0.2) is 40.5 Å². The molecular weight excluding hydrogens is 332 g/mol. The maximum absolute atomic E-state index is 13.2. The zero-order valence-corrected chi connectivity index (χ0v) is 15.0. The lowest BCUT2D eigenvalue weighted by molar-refractivity contribution is -0.140. The molecule has 2 atom stereocenters. The van der Waals surface area contributed by atoms with Crippen molar-refractivity contribution >= 4 is 11.9 Å². The molecule has 0 saturated carbocycles. The van der Waals surface area contributed by atoms with Gasteiger partial charge in [0, 0.05) is 24.5 Å². The molecule has 6 nitrogen and oxygen atoms in total. The van der Waals surface area contributed by atoms with E-state index in [-0.39, 0.29) is 11.8 Å². The van der Waals surface area contributed by atoms with Crippen LogP contribution in [0.4, 0.5) is 0 Å². The second kappa shape index (κ2) is 7.15. The number of carboxylic acids is 1. The summed E-state index contributed by atoms with van der Waals surface area (Å²) in [4.78, 5) is 31.2. The van der Waals surface area contributed by atoms with Gasteiger partial charge >= 0.3 is 5.97 Å². The standard InChI is InChI=1S/C20H22N2O4/c1-12(2)11-22-18(13-5-4-8-21-10-13)17(20(24)25)15-7-6-14(26-3)9-16(15)19(22)23/h4-10,12,17-18H,11H2,1-3H3,(H,24,25). The van der Waals surface area contributed by atoms with Gasteiger partial charge in [0.1, 0.15) is 11.7 Å². The molecule has 0 saturated heterocycles. The molecule has 3 rings (SSSR count). The average Bonchev–Trinajstić information content (AvgIpc) is 2.63. The van der Waals surface area contributed by atoms with Gasteiger partial charge in [-0.1, -0.05) is 26.0 Å². The maximum Gasteiger partial charge on any atom is 0.313 e. The van der Waals surface area contributed by atoms with Crippen LogP contribution in [-0.2, 0) is 4.79 Å². The second-order valence-electron chi connectivity index (χ2n) is 6.85. The van der Waals surface area contributed by atoms with E-state index in [1.54, 1.807) is 41.6 Å². The maximum atomic E-state index is 13.2. The van der Waals surface area contributed by atoms with E-state index in [0.29, 0.717) is 23.4 Å². The van der Waals surface area contributed by atoms with Gasteiger partial charge in [-0.3, -0.25) is 14.6 Å². The summed E-state index contributed by atoms with van der Waals surface area (Å²) in [6.45, 7) is 4.47. The molecule has 1 aliphatic rings. The molecule has 1 amide bonds. The summed E-state index contributed by atoms with van der Waals surface area (Å²) >= 11 is 0. The topological polar surface area (TPSA) is 79.7 Å². The number of amides is 1. The van der Waals surface area contributed by atoms with E-state index in [2.05, 4.69) is 4.98 Å². The Morgan fingerprint density at radius 3 is 2.69 bits per heavy atom. The van der Waals surface area contributed by atoms with E-state index in [1.165, 1.54) is 7.11 Å². The number of carbonyl (C=O) groups excluding carboxylic acids is 1. The monoisotopic (exact) mass is 354 g/mol. The fourth-order valence-corrected chi connectivity index (χ4v) is 3.53. The zero-order chi connectivity index (χ0) is 18.8. The number of methoxy groups -OCH3 is 1. The Labute approximate surface area is 152 Å². The summed E-state index contributed by atoms with van der Waals surface area (Å²) in [5.41, 5.74) is 1.62. The van der Waals surface area contributed by atoms with E-state index in [1.807, 2.05) is 19.9 Å². The molecule has 1 aromatic heterocycles. The molecule has 1 N–H and O–H groups in total. The summed E-state index contributed by atoms with van der Waals surface area (Å²) < 4.78 is 5.22. The van der Waals surface area contributed by atoms with Gasteiger partial charge in [-0.15, -0.1) is 0 Å². The lowest BCUT2D eigenvalue weighted by Gasteiger charge is -2.41. The largest absolute Gasteiger partial charge is 0.497 e. The third kappa shape index (κ3) is 3.14. The van der Waals surface area contributed by atoms with Crippen molar-refractivity contribution in [2.24, 2.45) is 5.92 Å². The van der Waals surface area contributed by atoms with Gasteiger partial charge in [-0.25, -0.2) is 0 Å².